The fourth-order valence-corrected chi connectivity index (χ4v) is 2.41. The first kappa shape index (κ1) is 14.0. The number of carbonyl (C=O) groups is 1. The van der Waals surface area contributed by atoms with Crippen LogP contribution in [0, 0.1) is 23.0 Å². The van der Waals surface area contributed by atoms with Crippen molar-refractivity contribution < 1.29 is 9.72 Å². The van der Waals surface area contributed by atoms with Crippen molar-refractivity contribution in [3.8, 4) is 0 Å². The average Bonchev–Trinajstić information content (AvgIpc) is 2.37. The Bertz CT molecular complexity index is 561. The number of aromatic nitrogens is 2. The van der Waals surface area contributed by atoms with Crippen LogP contribution in [0.4, 0.5) is 17.5 Å². The van der Waals surface area contributed by atoms with Crippen LogP contribution in [0.1, 0.15) is 18.5 Å². The number of hydrogen-bond donors (Lipinski definition) is 2. The zero-order valence-corrected chi connectivity index (χ0v) is 11.1. The first-order valence-corrected chi connectivity index (χ1v) is 6.23. The standard InChI is InChI=1S/C11H16N6O3/c1-6-8(17(19)20)10(15-11(13)14-6)16-4-2-3-7(5-16)9(12)18/h7H,2-5H2,1H3,(H2,12,18)(H2,13,14,15). The topological polar surface area (TPSA) is 141 Å². The van der Waals surface area contributed by atoms with E-state index in [1.165, 1.54) is 6.92 Å². The van der Waals surface area contributed by atoms with Gasteiger partial charge in [-0.25, -0.2) is 4.98 Å². The lowest BCUT2D eigenvalue weighted by molar-refractivity contribution is -0.385. The molecule has 9 heteroatoms. The van der Waals surface area contributed by atoms with E-state index in [2.05, 4.69) is 9.97 Å². The summed E-state index contributed by atoms with van der Waals surface area (Å²) in [5, 5.41) is 11.2. The molecule has 1 amide bonds. The predicted molar refractivity (Wildman–Crippen MR) is 72.0 cm³/mol. The third-order valence-electron chi connectivity index (χ3n) is 3.36. The van der Waals surface area contributed by atoms with E-state index in [9.17, 15) is 14.9 Å². The second-order valence-electron chi connectivity index (χ2n) is 4.78. The maximum Gasteiger partial charge on any atom is 0.332 e. The van der Waals surface area contributed by atoms with Gasteiger partial charge in [-0.3, -0.25) is 14.9 Å². The number of piperidine rings is 1. The van der Waals surface area contributed by atoms with Crippen LogP contribution >= 0.6 is 0 Å². The molecule has 2 rings (SSSR count). The van der Waals surface area contributed by atoms with Gasteiger partial charge in [0.15, 0.2) is 0 Å². The number of hydrogen-bond acceptors (Lipinski definition) is 7. The third-order valence-corrected chi connectivity index (χ3v) is 3.36. The third kappa shape index (κ3) is 2.60. The quantitative estimate of drug-likeness (QED) is 0.585. The minimum atomic E-state index is -0.530. The summed E-state index contributed by atoms with van der Waals surface area (Å²) in [6.45, 7) is 2.39. The first-order chi connectivity index (χ1) is 9.40. The van der Waals surface area contributed by atoms with Crippen molar-refractivity contribution in [2.45, 2.75) is 19.8 Å². The molecular formula is C11H16N6O3. The van der Waals surface area contributed by atoms with E-state index >= 15 is 0 Å². The van der Waals surface area contributed by atoms with Gasteiger partial charge in [0.25, 0.3) is 0 Å². The zero-order chi connectivity index (χ0) is 14.9. The molecule has 20 heavy (non-hydrogen) atoms. The zero-order valence-electron chi connectivity index (χ0n) is 11.1. The van der Waals surface area contributed by atoms with Crippen molar-refractivity contribution in [1.82, 2.24) is 9.97 Å². The van der Waals surface area contributed by atoms with Crippen molar-refractivity contribution in [2.24, 2.45) is 11.7 Å². The summed E-state index contributed by atoms with van der Waals surface area (Å²) in [5.74, 6) is -0.605. The van der Waals surface area contributed by atoms with E-state index in [1.807, 2.05) is 0 Å². The molecule has 0 bridgehead atoms. The molecule has 1 unspecified atom stereocenters. The van der Waals surface area contributed by atoms with Crippen molar-refractivity contribution >= 4 is 23.4 Å². The summed E-state index contributed by atoms with van der Waals surface area (Å²) >= 11 is 0. The molecule has 0 aromatic carbocycles. The molecule has 0 radical (unpaired) electrons. The maximum atomic E-state index is 11.3. The van der Waals surface area contributed by atoms with Crippen LogP contribution in [0.2, 0.25) is 0 Å². The molecule has 1 aromatic heterocycles. The molecule has 1 aliphatic heterocycles. The number of nitrogens with two attached hydrogens (primary N) is 2. The Morgan fingerprint density at radius 2 is 2.20 bits per heavy atom. The summed E-state index contributed by atoms with van der Waals surface area (Å²) in [5.41, 5.74) is 10.9. The van der Waals surface area contributed by atoms with Crippen LogP contribution in [0.25, 0.3) is 0 Å². The summed E-state index contributed by atoms with van der Waals surface area (Å²) in [6, 6.07) is 0. The van der Waals surface area contributed by atoms with Crippen LogP contribution in [0.3, 0.4) is 0 Å². The summed E-state index contributed by atoms with van der Waals surface area (Å²) in [4.78, 5) is 31.4. The molecule has 1 atom stereocenters. The second-order valence-corrected chi connectivity index (χ2v) is 4.78. The van der Waals surface area contributed by atoms with Crippen LogP contribution in [-0.4, -0.2) is 33.9 Å². The highest BCUT2D eigenvalue weighted by Crippen LogP contribution is 2.32. The summed E-state index contributed by atoms with van der Waals surface area (Å²) in [6.07, 6.45) is 1.40. The molecule has 0 saturated carbocycles. The molecule has 0 spiro atoms. The van der Waals surface area contributed by atoms with E-state index in [-0.39, 0.29) is 29.1 Å². The lowest BCUT2D eigenvalue weighted by atomic mass is 9.97. The van der Waals surface area contributed by atoms with Gasteiger partial charge in [-0.1, -0.05) is 0 Å². The minimum Gasteiger partial charge on any atom is -0.369 e. The molecular weight excluding hydrogens is 264 g/mol. The number of aryl methyl sites for hydroxylation is 1. The molecule has 1 aromatic rings. The van der Waals surface area contributed by atoms with E-state index in [0.29, 0.717) is 25.9 Å². The molecule has 0 aliphatic carbocycles. The molecule has 1 aliphatic rings. The second kappa shape index (κ2) is 5.27. The number of nitrogens with zero attached hydrogens (tertiary/aromatic N) is 4. The predicted octanol–water partition coefficient (Wildman–Crippen LogP) is -0.0229. The lowest BCUT2D eigenvalue weighted by Gasteiger charge is -2.31. The first-order valence-electron chi connectivity index (χ1n) is 6.23. The Morgan fingerprint density at radius 3 is 2.80 bits per heavy atom. The smallest absolute Gasteiger partial charge is 0.332 e. The van der Waals surface area contributed by atoms with Crippen LogP contribution < -0.4 is 16.4 Å². The molecule has 2 heterocycles. The average molecular weight is 280 g/mol. The van der Waals surface area contributed by atoms with Gasteiger partial charge in [-0.05, 0) is 19.8 Å². The van der Waals surface area contributed by atoms with E-state index in [4.69, 9.17) is 11.5 Å². The van der Waals surface area contributed by atoms with Crippen molar-refractivity contribution in [3.05, 3.63) is 15.8 Å². The molecule has 108 valence electrons. The van der Waals surface area contributed by atoms with Crippen LogP contribution in [0.5, 0.6) is 0 Å². The van der Waals surface area contributed by atoms with E-state index in [1.54, 1.807) is 4.90 Å². The highest BCUT2D eigenvalue weighted by molar-refractivity contribution is 5.78. The van der Waals surface area contributed by atoms with Crippen molar-refractivity contribution in [3.63, 3.8) is 0 Å². The Labute approximate surface area is 115 Å². The van der Waals surface area contributed by atoms with E-state index < -0.39 is 10.8 Å². The van der Waals surface area contributed by atoms with Crippen LogP contribution in [-0.2, 0) is 4.79 Å². The summed E-state index contributed by atoms with van der Waals surface area (Å²) in [7, 11) is 0. The number of nitro groups is 1. The number of nitrogen functional groups attached to an aromatic ring is 1. The summed E-state index contributed by atoms with van der Waals surface area (Å²) < 4.78 is 0. The Hall–Kier alpha value is -2.45. The highest BCUT2D eigenvalue weighted by Gasteiger charge is 2.31. The number of primary amides is 1. The van der Waals surface area contributed by atoms with Crippen LogP contribution in [0.15, 0.2) is 0 Å². The molecule has 1 fully saturated rings. The van der Waals surface area contributed by atoms with Gasteiger partial charge in [0.2, 0.25) is 17.7 Å². The van der Waals surface area contributed by atoms with Gasteiger partial charge in [0.05, 0.1) is 10.8 Å². The van der Waals surface area contributed by atoms with Gasteiger partial charge in [-0.2, -0.15) is 4.98 Å². The SMILES string of the molecule is Cc1nc(N)nc(N2CCCC(C(N)=O)C2)c1[N+](=O)[O-]. The minimum absolute atomic E-state index is 0.0238. The van der Waals surface area contributed by atoms with Gasteiger partial charge in [0.1, 0.15) is 5.69 Å². The van der Waals surface area contributed by atoms with Gasteiger partial charge >= 0.3 is 5.69 Å². The van der Waals surface area contributed by atoms with Gasteiger partial charge in [0, 0.05) is 13.1 Å². The highest BCUT2D eigenvalue weighted by atomic mass is 16.6. The Balaban J connectivity index is 2.41. The maximum absolute atomic E-state index is 11.3. The Kier molecular flexibility index (Phi) is 3.68. The fraction of sp³-hybridized carbons (Fsp3) is 0.545. The molecule has 4 N–H and O–H groups in total. The van der Waals surface area contributed by atoms with Gasteiger partial charge in [-0.15, -0.1) is 0 Å². The largest absolute Gasteiger partial charge is 0.369 e. The monoisotopic (exact) mass is 280 g/mol. The number of carbonyl (C=O) groups excluding carboxylic acids is 1. The molecule has 1 saturated heterocycles. The van der Waals surface area contributed by atoms with E-state index in [0.717, 1.165) is 0 Å². The lowest BCUT2D eigenvalue weighted by Crippen LogP contribution is -2.42. The fourth-order valence-electron chi connectivity index (χ4n) is 2.41. The normalized spacial score (nSPS) is 18.9. The number of anilines is 2. The number of rotatable bonds is 3. The van der Waals surface area contributed by atoms with Crippen molar-refractivity contribution in [1.29, 1.82) is 0 Å². The number of amides is 1. The molecule has 9 nitrogen and oxygen atoms in total. The van der Waals surface area contributed by atoms with Gasteiger partial charge < -0.3 is 16.4 Å². The van der Waals surface area contributed by atoms with Crippen molar-refractivity contribution in [2.75, 3.05) is 23.7 Å². The Morgan fingerprint density at radius 1 is 1.50 bits per heavy atom.